The maximum Gasteiger partial charge on any atom is 0.132 e. The molecule has 0 saturated carbocycles. The van der Waals surface area contributed by atoms with Gasteiger partial charge >= 0.3 is 0 Å². The van der Waals surface area contributed by atoms with E-state index in [0.29, 0.717) is 11.1 Å². The van der Waals surface area contributed by atoms with Crippen LogP contribution in [0.25, 0.3) is 0 Å². The summed E-state index contributed by atoms with van der Waals surface area (Å²) in [7, 11) is 0. The maximum absolute atomic E-state index is 6.11. The SMILES string of the molecule is CC(N)N1CCC(c2cccnc2Cl)CC1. The number of nitrogens with two attached hydrogens (primary N) is 1. The van der Waals surface area contributed by atoms with Crippen molar-refractivity contribution in [1.82, 2.24) is 9.88 Å². The van der Waals surface area contributed by atoms with Gasteiger partial charge in [-0.2, -0.15) is 0 Å². The van der Waals surface area contributed by atoms with E-state index in [4.69, 9.17) is 17.3 Å². The summed E-state index contributed by atoms with van der Waals surface area (Å²) in [4.78, 5) is 6.44. The topological polar surface area (TPSA) is 42.1 Å². The average Bonchev–Trinajstić information content (AvgIpc) is 2.30. The Hall–Kier alpha value is -0.640. The molecule has 0 spiro atoms. The summed E-state index contributed by atoms with van der Waals surface area (Å²) >= 11 is 6.11. The molecule has 1 atom stereocenters. The molecule has 4 heteroatoms. The highest BCUT2D eigenvalue weighted by molar-refractivity contribution is 6.30. The monoisotopic (exact) mass is 239 g/mol. The fraction of sp³-hybridized carbons (Fsp3) is 0.583. The first-order valence-electron chi connectivity index (χ1n) is 5.78. The molecule has 1 aromatic rings. The molecule has 3 nitrogen and oxygen atoms in total. The van der Waals surface area contributed by atoms with E-state index >= 15 is 0 Å². The molecule has 0 bridgehead atoms. The number of likely N-dealkylation sites (tertiary alicyclic amines) is 1. The first kappa shape index (κ1) is 11.8. The molecule has 0 aromatic carbocycles. The third-order valence-corrected chi connectivity index (χ3v) is 3.65. The Morgan fingerprint density at radius 1 is 1.50 bits per heavy atom. The second-order valence-electron chi connectivity index (χ2n) is 4.43. The molecular formula is C12H18ClN3. The first-order chi connectivity index (χ1) is 7.68. The third kappa shape index (κ3) is 2.54. The van der Waals surface area contributed by atoms with Crippen LogP contribution < -0.4 is 5.73 Å². The summed E-state index contributed by atoms with van der Waals surface area (Å²) in [5, 5.41) is 0.654. The molecule has 0 aliphatic carbocycles. The Bertz CT molecular complexity index is 346. The minimum absolute atomic E-state index is 0.158. The van der Waals surface area contributed by atoms with Crippen LogP contribution in [0.1, 0.15) is 31.2 Å². The van der Waals surface area contributed by atoms with Gasteiger partial charge in [0.05, 0.1) is 6.17 Å². The normalized spacial score (nSPS) is 20.9. The second kappa shape index (κ2) is 5.13. The van der Waals surface area contributed by atoms with Crippen LogP contribution in [-0.2, 0) is 0 Å². The molecule has 1 aliphatic heterocycles. The largest absolute Gasteiger partial charge is 0.316 e. The van der Waals surface area contributed by atoms with Gasteiger partial charge in [0.1, 0.15) is 5.15 Å². The van der Waals surface area contributed by atoms with Crippen molar-refractivity contribution >= 4 is 11.6 Å². The summed E-state index contributed by atoms with van der Waals surface area (Å²) in [6, 6.07) is 4.04. The molecule has 2 N–H and O–H groups in total. The summed E-state index contributed by atoms with van der Waals surface area (Å²) in [5.74, 6) is 0.538. The van der Waals surface area contributed by atoms with Crippen LogP contribution in [0.2, 0.25) is 5.15 Å². The Morgan fingerprint density at radius 3 is 2.75 bits per heavy atom. The second-order valence-corrected chi connectivity index (χ2v) is 4.79. The van der Waals surface area contributed by atoms with Crippen LogP contribution in [0.4, 0.5) is 0 Å². The van der Waals surface area contributed by atoms with Gasteiger partial charge in [0.15, 0.2) is 0 Å². The van der Waals surface area contributed by atoms with Gasteiger partial charge in [-0.3, -0.25) is 4.90 Å². The molecule has 88 valence electrons. The maximum atomic E-state index is 6.11. The highest BCUT2D eigenvalue weighted by atomic mass is 35.5. The molecule has 0 radical (unpaired) electrons. The fourth-order valence-corrected chi connectivity index (χ4v) is 2.59. The van der Waals surface area contributed by atoms with Crippen LogP contribution in [-0.4, -0.2) is 29.1 Å². The van der Waals surface area contributed by atoms with Gasteiger partial charge in [-0.25, -0.2) is 4.98 Å². The van der Waals surface area contributed by atoms with Gasteiger partial charge in [0.25, 0.3) is 0 Å². The van der Waals surface area contributed by atoms with Crippen molar-refractivity contribution in [2.24, 2.45) is 5.73 Å². The fourth-order valence-electron chi connectivity index (χ4n) is 2.32. The van der Waals surface area contributed by atoms with Crippen molar-refractivity contribution in [3.8, 4) is 0 Å². The minimum Gasteiger partial charge on any atom is -0.316 e. The lowest BCUT2D eigenvalue weighted by Gasteiger charge is -2.34. The molecule has 2 heterocycles. The highest BCUT2D eigenvalue weighted by Gasteiger charge is 2.23. The molecule has 1 aromatic heterocycles. The number of nitrogens with zero attached hydrogens (tertiary/aromatic N) is 2. The Labute approximate surface area is 102 Å². The van der Waals surface area contributed by atoms with Crippen LogP contribution in [0, 0.1) is 0 Å². The van der Waals surface area contributed by atoms with Gasteiger partial charge in [-0.1, -0.05) is 17.7 Å². The van der Waals surface area contributed by atoms with Crippen LogP contribution >= 0.6 is 11.6 Å². The van der Waals surface area contributed by atoms with E-state index in [9.17, 15) is 0 Å². The number of pyridine rings is 1. The third-order valence-electron chi connectivity index (χ3n) is 3.33. The van der Waals surface area contributed by atoms with E-state index in [1.54, 1.807) is 6.20 Å². The number of piperidine rings is 1. The summed E-state index contributed by atoms with van der Waals surface area (Å²) < 4.78 is 0. The van der Waals surface area contributed by atoms with E-state index in [-0.39, 0.29) is 6.17 Å². The van der Waals surface area contributed by atoms with Gasteiger partial charge < -0.3 is 5.73 Å². The van der Waals surface area contributed by atoms with Gasteiger partial charge in [-0.05, 0) is 37.3 Å². The highest BCUT2D eigenvalue weighted by Crippen LogP contribution is 2.31. The molecule has 1 unspecified atom stereocenters. The lowest BCUT2D eigenvalue weighted by Crippen LogP contribution is -2.44. The van der Waals surface area contributed by atoms with Crippen molar-refractivity contribution in [1.29, 1.82) is 0 Å². The zero-order valence-electron chi connectivity index (χ0n) is 9.56. The summed E-state index contributed by atoms with van der Waals surface area (Å²) in [5.41, 5.74) is 7.06. The quantitative estimate of drug-likeness (QED) is 0.805. The van der Waals surface area contributed by atoms with Crippen LogP contribution in [0.5, 0.6) is 0 Å². The number of hydrogen-bond acceptors (Lipinski definition) is 3. The van der Waals surface area contributed by atoms with E-state index in [2.05, 4.69) is 16.0 Å². The number of halogens is 1. The van der Waals surface area contributed by atoms with Crippen molar-refractivity contribution in [3.05, 3.63) is 29.0 Å². The van der Waals surface area contributed by atoms with E-state index in [1.807, 2.05) is 13.0 Å². The van der Waals surface area contributed by atoms with Gasteiger partial charge in [0.2, 0.25) is 0 Å². The zero-order chi connectivity index (χ0) is 11.5. The first-order valence-corrected chi connectivity index (χ1v) is 6.16. The van der Waals surface area contributed by atoms with Crippen molar-refractivity contribution in [2.45, 2.75) is 31.8 Å². The van der Waals surface area contributed by atoms with Gasteiger partial charge in [-0.15, -0.1) is 0 Å². The van der Waals surface area contributed by atoms with Crippen molar-refractivity contribution < 1.29 is 0 Å². The molecule has 2 rings (SSSR count). The Morgan fingerprint density at radius 2 is 2.19 bits per heavy atom. The standard InChI is InChI=1S/C12H18ClN3/c1-9(14)16-7-4-10(5-8-16)11-3-2-6-15-12(11)13/h2-3,6,9-10H,4-5,7-8,14H2,1H3. The molecule has 1 saturated heterocycles. The predicted octanol–water partition coefficient (Wildman–Crippen LogP) is 2.22. The van der Waals surface area contributed by atoms with E-state index < -0.39 is 0 Å². The summed E-state index contributed by atoms with van der Waals surface area (Å²) in [6.07, 6.45) is 4.13. The predicted molar refractivity (Wildman–Crippen MR) is 66.4 cm³/mol. The Balaban J connectivity index is 2.02. The van der Waals surface area contributed by atoms with Crippen molar-refractivity contribution in [3.63, 3.8) is 0 Å². The van der Waals surface area contributed by atoms with Crippen LogP contribution in [0.3, 0.4) is 0 Å². The Kier molecular flexibility index (Phi) is 3.79. The van der Waals surface area contributed by atoms with E-state index in [0.717, 1.165) is 25.9 Å². The smallest absolute Gasteiger partial charge is 0.132 e. The molecule has 0 amide bonds. The zero-order valence-corrected chi connectivity index (χ0v) is 10.3. The van der Waals surface area contributed by atoms with Crippen molar-refractivity contribution in [2.75, 3.05) is 13.1 Å². The summed E-state index contributed by atoms with van der Waals surface area (Å²) in [6.45, 7) is 4.14. The lowest BCUT2D eigenvalue weighted by molar-refractivity contribution is 0.165. The minimum atomic E-state index is 0.158. The average molecular weight is 240 g/mol. The molecule has 1 fully saturated rings. The van der Waals surface area contributed by atoms with Gasteiger partial charge in [0, 0.05) is 19.3 Å². The lowest BCUT2D eigenvalue weighted by atomic mass is 9.90. The molecule has 1 aliphatic rings. The number of hydrogen-bond donors (Lipinski definition) is 1. The van der Waals surface area contributed by atoms with Crippen LogP contribution in [0.15, 0.2) is 18.3 Å². The number of rotatable bonds is 2. The molecule has 16 heavy (non-hydrogen) atoms. The number of aromatic nitrogens is 1. The molecular weight excluding hydrogens is 222 g/mol. The van der Waals surface area contributed by atoms with E-state index in [1.165, 1.54) is 5.56 Å².